The number of hydrogen-bond donors (Lipinski definition) is 1. The average Bonchev–Trinajstić information content (AvgIpc) is 3.04. The van der Waals surface area contributed by atoms with E-state index in [0.717, 1.165) is 0 Å². The molecule has 8 heteroatoms. The van der Waals surface area contributed by atoms with E-state index in [2.05, 4.69) is 5.32 Å². The number of hydrogen-bond acceptors (Lipinski definition) is 5. The lowest BCUT2D eigenvalue weighted by molar-refractivity contribution is -0.144. The van der Waals surface area contributed by atoms with E-state index in [9.17, 15) is 14.4 Å². The second kappa shape index (κ2) is 9.93. The molecule has 2 aliphatic rings. The minimum absolute atomic E-state index is 0.0173. The van der Waals surface area contributed by atoms with Crippen molar-refractivity contribution in [2.45, 2.75) is 32.2 Å². The predicted molar refractivity (Wildman–Crippen MR) is 111 cm³/mol. The van der Waals surface area contributed by atoms with Gasteiger partial charge in [-0.25, -0.2) is 0 Å². The summed E-state index contributed by atoms with van der Waals surface area (Å²) in [4.78, 5) is 41.7. The molecule has 0 saturated carbocycles. The zero-order valence-electron chi connectivity index (χ0n) is 17.8. The van der Waals surface area contributed by atoms with Gasteiger partial charge in [-0.2, -0.15) is 0 Å². The van der Waals surface area contributed by atoms with Crippen molar-refractivity contribution in [3.63, 3.8) is 0 Å². The van der Waals surface area contributed by atoms with E-state index in [4.69, 9.17) is 9.47 Å². The van der Waals surface area contributed by atoms with Crippen molar-refractivity contribution < 1.29 is 23.9 Å². The van der Waals surface area contributed by atoms with Crippen LogP contribution in [0.5, 0.6) is 5.75 Å². The topological polar surface area (TPSA) is 88.2 Å². The van der Waals surface area contributed by atoms with E-state index in [0.29, 0.717) is 57.8 Å². The molecule has 1 aromatic carbocycles. The van der Waals surface area contributed by atoms with Gasteiger partial charge in [0.05, 0.1) is 12.0 Å². The van der Waals surface area contributed by atoms with Crippen LogP contribution in [-0.4, -0.2) is 80.1 Å². The van der Waals surface area contributed by atoms with Crippen LogP contribution in [0.1, 0.15) is 26.2 Å². The Morgan fingerprint density at radius 3 is 2.53 bits per heavy atom. The molecule has 0 unspecified atom stereocenters. The third kappa shape index (κ3) is 4.75. The van der Waals surface area contributed by atoms with Gasteiger partial charge in [0.1, 0.15) is 11.8 Å². The van der Waals surface area contributed by atoms with E-state index in [1.807, 2.05) is 37.3 Å². The number of methoxy groups -OCH3 is 1. The molecule has 1 aromatic rings. The zero-order chi connectivity index (χ0) is 21.6. The largest absolute Gasteiger partial charge is 0.484 e. The summed E-state index contributed by atoms with van der Waals surface area (Å²) in [6.45, 7) is 4.23. The van der Waals surface area contributed by atoms with Crippen LogP contribution < -0.4 is 10.1 Å². The smallest absolute Gasteiger partial charge is 0.260 e. The molecule has 2 saturated heterocycles. The molecule has 2 heterocycles. The van der Waals surface area contributed by atoms with Crippen LogP contribution in [0.4, 0.5) is 0 Å². The third-order valence-electron chi connectivity index (χ3n) is 6.10. The van der Waals surface area contributed by atoms with Crippen LogP contribution >= 0.6 is 0 Å². The molecule has 0 aliphatic carbocycles. The summed E-state index contributed by atoms with van der Waals surface area (Å²) in [6.07, 6.45) is 1.64. The molecule has 1 atom stereocenters. The summed E-state index contributed by atoms with van der Waals surface area (Å²) in [5.74, 6) is 0.477. The highest BCUT2D eigenvalue weighted by atomic mass is 16.5. The van der Waals surface area contributed by atoms with Gasteiger partial charge in [0.2, 0.25) is 11.8 Å². The Hall–Kier alpha value is -2.61. The number of nitrogens with zero attached hydrogens (tertiary/aromatic N) is 2. The minimum Gasteiger partial charge on any atom is -0.484 e. The summed E-state index contributed by atoms with van der Waals surface area (Å²) >= 11 is 0. The SMILES string of the molecule is CCN1C(=O)C2(CCN(C(=O)COc3ccccc3)CC2)C[C@H]1C(=O)NCCOC. The molecule has 0 aromatic heterocycles. The predicted octanol–water partition coefficient (Wildman–Crippen LogP) is 1.06. The fraction of sp³-hybridized carbons (Fsp3) is 0.591. The molecule has 0 radical (unpaired) electrons. The van der Waals surface area contributed by atoms with Crippen molar-refractivity contribution in [3.05, 3.63) is 30.3 Å². The first kappa shape index (κ1) is 22.1. The van der Waals surface area contributed by atoms with Crippen LogP contribution in [0.3, 0.4) is 0 Å². The molecule has 8 nitrogen and oxygen atoms in total. The molecule has 1 spiro atoms. The van der Waals surface area contributed by atoms with Gasteiger partial charge in [-0.1, -0.05) is 18.2 Å². The molecule has 0 bridgehead atoms. The highest BCUT2D eigenvalue weighted by Crippen LogP contribution is 2.44. The lowest BCUT2D eigenvalue weighted by Crippen LogP contribution is -2.48. The van der Waals surface area contributed by atoms with Crippen molar-refractivity contribution in [1.29, 1.82) is 0 Å². The Balaban J connectivity index is 1.55. The summed E-state index contributed by atoms with van der Waals surface area (Å²) in [7, 11) is 1.58. The molecule has 30 heavy (non-hydrogen) atoms. The maximum Gasteiger partial charge on any atom is 0.260 e. The summed E-state index contributed by atoms with van der Waals surface area (Å²) < 4.78 is 10.5. The minimum atomic E-state index is -0.559. The van der Waals surface area contributed by atoms with Gasteiger partial charge in [0.15, 0.2) is 6.61 Å². The monoisotopic (exact) mass is 417 g/mol. The molecule has 3 amide bonds. The van der Waals surface area contributed by atoms with Gasteiger partial charge < -0.3 is 24.6 Å². The molecule has 164 valence electrons. The quantitative estimate of drug-likeness (QED) is 0.639. The number of amides is 3. The fourth-order valence-corrected chi connectivity index (χ4v) is 4.36. The number of benzene rings is 1. The van der Waals surface area contributed by atoms with Gasteiger partial charge in [0.25, 0.3) is 5.91 Å². The first-order chi connectivity index (χ1) is 14.5. The van der Waals surface area contributed by atoms with Gasteiger partial charge in [0, 0.05) is 33.3 Å². The Labute approximate surface area is 177 Å². The lowest BCUT2D eigenvalue weighted by Gasteiger charge is -2.37. The number of likely N-dealkylation sites (N-methyl/N-ethyl adjacent to an activating group) is 1. The highest BCUT2D eigenvalue weighted by molar-refractivity contribution is 5.94. The van der Waals surface area contributed by atoms with Crippen LogP contribution in [0.2, 0.25) is 0 Å². The van der Waals surface area contributed by atoms with Crippen molar-refractivity contribution in [1.82, 2.24) is 15.1 Å². The number of nitrogens with one attached hydrogen (secondary N) is 1. The van der Waals surface area contributed by atoms with Crippen molar-refractivity contribution in [3.8, 4) is 5.75 Å². The van der Waals surface area contributed by atoms with Crippen LogP contribution in [0.25, 0.3) is 0 Å². The first-order valence-electron chi connectivity index (χ1n) is 10.5. The lowest BCUT2D eigenvalue weighted by atomic mass is 9.76. The maximum atomic E-state index is 13.1. The van der Waals surface area contributed by atoms with Gasteiger partial charge in [-0.05, 0) is 38.3 Å². The van der Waals surface area contributed by atoms with Gasteiger partial charge in [-0.3, -0.25) is 14.4 Å². The molecule has 1 N–H and O–H groups in total. The van der Waals surface area contributed by atoms with E-state index in [1.165, 1.54) is 0 Å². The van der Waals surface area contributed by atoms with Crippen LogP contribution in [0.15, 0.2) is 30.3 Å². The first-order valence-corrected chi connectivity index (χ1v) is 10.5. The summed E-state index contributed by atoms with van der Waals surface area (Å²) in [5, 5.41) is 2.85. The maximum absolute atomic E-state index is 13.1. The second-order valence-corrected chi connectivity index (χ2v) is 7.86. The van der Waals surface area contributed by atoms with Gasteiger partial charge in [-0.15, -0.1) is 0 Å². The Morgan fingerprint density at radius 1 is 1.20 bits per heavy atom. The summed E-state index contributed by atoms with van der Waals surface area (Å²) in [6, 6.07) is 8.78. The number of para-hydroxylation sites is 1. The number of ether oxygens (including phenoxy) is 2. The molecule has 2 fully saturated rings. The normalized spacial score (nSPS) is 20.5. The van der Waals surface area contributed by atoms with Crippen molar-refractivity contribution in [2.75, 3.05) is 46.5 Å². The number of likely N-dealkylation sites (tertiary alicyclic amines) is 2. The molecular formula is C22H31N3O5. The number of carbonyl (C=O) groups is 3. The van der Waals surface area contributed by atoms with Crippen LogP contribution in [0, 0.1) is 5.41 Å². The average molecular weight is 418 g/mol. The van der Waals surface area contributed by atoms with Crippen molar-refractivity contribution >= 4 is 17.7 Å². The van der Waals surface area contributed by atoms with Crippen LogP contribution in [-0.2, 0) is 19.1 Å². The molecule has 2 aliphatic heterocycles. The van der Waals surface area contributed by atoms with E-state index >= 15 is 0 Å². The molecular weight excluding hydrogens is 386 g/mol. The van der Waals surface area contributed by atoms with E-state index in [1.54, 1.807) is 16.9 Å². The zero-order valence-corrected chi connectivity index (χ0v) is 17.8. The fourth-order valence-electron chi connectivity index (χ4n) is 4.36. The van der Waals surface area contributed by atoms with Gasteiger partial charge >= 0.3 is 0 Å². The van der Waals surface area contributed by atoms with Crippen molar-refractivity contribution in [2.24, 2.45) is 5.41 Å². The standard InChI is InChI=1S/C22H31N3O5/c1-3-25-18(20(27)23-11-14-29-2)15-22(21(25)28)9-12-24(13-10-22)19(26)16-30-17-7-5-4-6-8-17/h4-8,18H,3,9-16H2,1-2H3,(H,23,27)/t18-/m0/s1. The van der Waals surface area contributed by atoms with E-state index < -0.39 is 11.5 Å². The Morgan fingerprint density at radius 2 is 1.90 bits per heavy atom. The Kier molecular flexibility index (Phi) is 7.31. The molecule has 3 rings (SSSR count). The Bertz CT molecular complexity index is 746. The highest BCUT2D eigenvalue weighted by Gasteiger charge is 2.54. The van der Waals surface area contributed by atoms with E-state index in [-0.39, 0.29) is 24.3 Å². The number of carbonyl (C=O) groups excluding carboxylic acids is 3. The second-order valence-electron chi connectivity index (χ2n) is 7.86. The third-order valence-corrected chi connectivity index (χ3v) is 6.10. The number of piperidine rings is 1. The summed E-state index contributed by atoms with van der Waals surface area (Å²) in [5.41, 5.74) is -0.559. The number of rotatable bonds is 8.